The van der Waals surface area contributed by atoms with E-state index in [2.05, 4.69) is 4.72 Å². The summed E-state index contributed by atoms with van der Waals surface area (Å²) in [4.78, 5) is 29.6. The van der Waals surface area contributed by atoms with E-state index in [1.54, 1.807) is 35.2 Å². The molecule has 3 amide bonds. The molecule has 2 aliphatic rings. The van der Waals surface area contributed by atoms with Gasteiger partial charge in [-0.2, -0.15) is 0 Å². The molecule has 3 aromatic rings. The van der Waals surface area contributed by atoms with Crippen LogP contribution in [-0.2, 0) is 15.7 Å². The highest BCUT2D eigenvalue weighted by molar-refractivity contribution is 7.90. The minimum atomic E-state index is -4.07. The van der Waals surface area contributed by atoms with Gasteiger partial charge in [0.2, 0.25) is 0 Å². The number of rotatable bonds is 3. The molecule has 5 rings (SSSR count). The molecule has 1 saturated heterocycles. The lowest BCUT2D eigenvalue weighted by molar-refractivity contribution is 0.0551. The molecule has 1 N–H and O–H groups in total. The van der Waals surface area contributed by atoms with E-state index in [1.165, 1.54) is 17.0 Å². The van der Waals surface area contributed by atoms with Gasteiger partial charge in [0.1, 0.15) is 0 Å². The summed E-state index contributed by atoms with van der Waals surface area (Å²) in [6.45, 7) is 0.492. The number of nitrogens with one attached hydrogen (secondary N) is 1. The first-order chi connectivity index (χ1) is 15.0. The van der Waals surface area contributed by atoms with Gasteiger partial charge in [0.25, 0.3) is 15.9 Å². The fraction of sp³-hybridized carbons (Fsp3) is 0.130. The molecule has 0 saturated carbocycles. The predicted octanol–water partition coefficient (Wildman–Crippen LogP) is 2.76. The van der Waals surface area contributed by atoms with Crippen LogP contribution in [0, 0.1) is 0 Å². The Morgan fingerprint density at radius 3 is 2.16 bits per heavy atom. The molecule has 0 radical (unpaired) electrons. The van der Waals surface area contributed by atoms with Gasteiger partial charge >= 0.3 is 6.03 Å². The molecule has 0 aromatic heterocycles. The van der Waals surface area contributed by atoms with Crippen LogP contribution in [0.2, 0.25) is 0 Å². The molecule has 31 heavy (non-hydrogen) atoms. The van der Waals surface area contributed by atoms with E-state index in [4.69, 9.17) is 0 Å². The molecule has 1 fully saturated rings. The van der Waals surface area contributed by atoms with Gasteiger partial charge in [0, 0.05) is 29.8 Å². The van der Waals surface area contributed by atoms with Crippen molar-refractivity contribution in [2.75, 3.05) is 13.1 Å². The zero-order valence-electron chi connectivity index (χ0n) is 16.4. The number of carbonyl (C=O) groups excluding carboxylic acids is 2. The van der Waals surface area contributed by atoms with Crippen LogP contribution < -0.4 is 4.72 Å². The van der Waals surface area contributed by atoms with Crippen molar-refractivity contribution in [2.45, 2.75) is 10.6 Å². The Morgan fingerprint density at radius 2 is 1.45 bits per heavy atom. The van der Waals surface area contributed by atoms with Gasteiger partial charge in [-0.05, 0) is 18.2 Å². The Balaban J connectivity index is 1.63. The van der Waals surface area contributed by atoms with Crippen LogP contribution in [0.4, 0.5) is 4.79 Å². The molecule has 1 unspecified atom stereocenters. The molecule has 2 heterocycles. The van der Waals surface area contributed by atoms with E-state index in [0.29, 0.717) is 17.7 Å². The second-order valence-electron chi connectivity index (χ2n) is 7.42. The number of nitrogens with zero attached hydrogens (tertiary/aromatic N) is 2. The molecule has 2 aliphatic heterocycles. The van der Waals surface area contributed by atoms with Gasteiger partial charge in [-0.3, -0.25) is 9.69 Å². The number of amides is 3. The van der Waals surface area contributed by atoms with Gasteiger partial charge in [-0.25, -0.2) is 17.9 Å². The topological polar surface area (TPSA) is 86.8 Å². The molecule has 3 aromatic carbocycles. The third kappa shape index (κ3) is 2.75. The first-order valence-corrected chi connectivity index (χ1v) is 11.3. The summed E-state index contributed by atoms with van der Waals surface area (Å²) in [7, 11) is -4.07. The molecule has 0 aliphatic carbocycles. The van der Waals surface area contributed by atoms with Crippen molar-refractivity contribution in [2.24, 2.45) is 0 Å². The van der Waals surface area contributed by atoms with Crippen molar-refractivity contribution >= 4 is 22.0 Å². The molecule has 156 valence electrons. The van der Waals surface area contributed by atoms with Crippen molar-refractivity contribution in [1.29, 1.82) is 0 Å². The lowest BCUT2D eigenvalue weighted by Crippen LogP contribution is -2.55. The van der Waals surface area contributed by atoms with Crippen LogP contribution >= 0.6 is 0 Å². The normalized spacial score (nSPS) is 19.8. The number of benzene rings is 3. The average molecular weight is 433 g/mol. The molecular formula is C23H19N3O4S. The fourth-order valence-corrected chi connectivity index (χ4v) is 5.52. The van der Waals surface area contributed by atoms with Gasteiger partial charge in [-0.15, -0.1) is 0 Å². The van der Waals surface area contributed by atoms with Crippen LogP contribution in [0.25, 0.3) is 0 Å². The molecule has 0 bridgehead atoms. The van der Waals surface area contributed by atoms with Crippen molar-refractivity contribution in [1.82, 2.24) is 14.5 Å². The number of sulfonamides is 1. The Kier molecular flexibility index (Phi) is 4.33. The Labute approximate surface area is 180 Å². The first kappa shape index (κ1) is 19.3. The van der Waals surface area contributed by atoms with E-state index in [9.17, 15) is 18.0 Å². The van der Waals surface area contributed by atoms with Crippen molar-refractivity contribution in [3.05, 3.63) is 102 Å². The van der Waals surface area contributed by atoms with Gasteiger partial charge in [0.15, 0.2) is 5.66 Å². The predicted molar refractivity (Wildman–Crippen MR) is 114 cm³/mol. The lowest BCUT2D eigenvalue weighted by atomic mass is 9.90. The van der Waals surface area contributed by atoms with Crippen LogP contribution in [0.5, 0.6) is 0 Å². The third-order valence-corrected chi connectivity index (χ3v) is 7.14. The minimum absolute atomic E-state index is 0.00365. The highest BCUT2D eigenvalue weighted by atomic mass is 32.2. The zero-order chi connectivity index (χ0) is 21.6. The summed E-state index contributed by atoms with van der Waals surface area (Å²) < 4.78 is 27.8. The summed E-state index contributed by atoms with van der Waals surface area (Å²) in [5, 5.41) is 0. The Morgan fingerprint density at radius 1 is 0.839 bits per heavy atom. The second kappa shape index (κ2) is 6.95. The molecule has 1 atom stereocenters. The Hall–Kier alpha value is -3.65. The maximum Gasteiger partial charge on any atom is 0.333 e. The highest BCUT2D eigenvalue weighted by Gasteiger charge is 2.59. The van der Waals surface area contributed by atoms with Crippen molar-refractivity contribution in [3.8, 4) is 0 Å². The van der Waals surface area contributed by atoms with E-state index in [-0.39, 0.29) is 17.3 Å². The third-order valence-electron chi connectivity index (χ3n) is 5.80. The van der Waals surface area contributed by atoms with Crippen LogP contribution in [0.1, 0.15) is 21.5 Å². The van der Waals surface area contributed by atoms with Crippen molar-refractivity contribution < 1.29 is 18.0 Å². The quantitative estimate of drug-likeness (QED) is 0.688. The standard InChI is InChI=1S/C23H19N3O4S/c27-21-19-13-7-8-14-20(19)23(17-9-3-1-4-10-17)25(21)15-16-26(23)22(28)24-31(29,30)18-11-5-2-6-12-18/h1-14H,15-16H2,(H,24,28). The summed E-state index contributed by atoms with van der Waals surface area (Å²) >= 11 is 0. The fourth-order valence-electron chi connectivity index (χ4n) is 4.54. The molecule has 8 heteroatoms. The molecule has 7 nitrogen and oxygen atoms in total. The average Bonchev–Trinajstić information content (AvgIpc) is 3.31. The highest BCUT2D eigenvalue weighted by Crippen LogP contribution is 2.49. The number of hydrogen-bond acceptors (Lipinski definition) is 4. The summed E-state index contributed by atoms with van der Waals surface area (Å²) in [5.74, 6) is -0.180. The molecular weight excluding hydrogens is 414 g/mol. The monoisotopic (exact) mass is 433 g/mol. The lowest BCUT2D eigenvalue weighted by Gasteiger charge is -2.40. The number of hydrogen-bond donors (Lipinski definition) is 1. The number of urea groups is 1. The van der Waals surface area contributed by atoms with Crippen molar-refractivity contribution in [3.63, 3.8) is 0 Å². The summed E-state index contributed by atoms with van der Waals surface area (Å²) in [6, 6.07) is 23.3. The van der Waals surface area contributed by atoms with E-state index in [0.717, 1.165) is 5.56 Å². The van der Waals surface area contributed by atoms with Gasteiger partial charge in [0.05, 0.1) is 4.90 Å². The number of fused-ring (bicyclic) bond motifs is 3. The van der Waals surface area contributed by atoms with Gasteiger partial charge in [-0.1, -0.05) is 66.7 Å². The van der Waals surface area contributed by atoms with E-state index < -0.39 is 21.7 Å². The summed E-state index contributed by atoms with van der Waals surface area (Å²) in [6.07, 6.45) is 0. The maximum atomic E-state index is 13.4. The van der Waals surface area contributed by atoms with Crippen LogP contribution in [0.3, 0.4) is 0 Å². The Bertz CT molecular complexity index is 1280. The van der Waals surface area contributed by atoms with E-state index >= 15 is 0 Å². The van der Waals surface area contributed by atoms with Crippen LogP contribution in [0.15, 0.2) is 89.8 Å². The van der Waals surface area contributed by atoms with E-state index in [1.807, 2.05) is 42.5 Å². The zero-order valence-corrected chi connectivity index (χ0v) is 17.2. The summed E-state index contributed by atoms with van der Waals surface area (Å²) in [5.41, 5.74) is 0.689. The minimum Gasteiger partial charge on any atom is -0.306 e. The maximum absolute atomic E-state index is 13.4. The van der Waals surface area contributed by atoms with Gasteiger partial charge < -0.3 is 4.90 Å². The smallest absolute Gasteiger partial charge is 0.306 e. The molecule has 0 spiro atoms. The van der Waals surface area contributed by atoms with Crippen LogP contribution in [-0.4, -0.2) is 43.2 Å². The number of carbonyl (C=O) groups is 2. The first-order valence-electron chi connectivity index (χ1n) is 9.83. The largest absolute Gasteiger partial charge is 0.333 e. The second-order valence-corrected chi connectivity index (χ2v) is 9.10. The SMILES string of the molecule is O=C(NS(=O)(=O)c1ccccc1)N1CCN2C(=O)c3ccccc3C12c1ccccc1.